The topological polar surface area (TPSA) is 53.4 Å². The predicted octanol–water partition coefficient (Wildman–Crippen LogP) is 0.142. The summed E-state index contributed by atoms with van der Waals surface area (Å²) in [4.78, 5) is 20.0. The van der Waals surface area contributed by atoms with Crippen LogP contribution in [0, 0.1) is 5.92 Å². The molecule has 8 heteroatoms. The van der Waals surface area contributed by atoms with Gasteiger partial charge in [0.05, 0.1) is 12.5 Å². The van der Waals surface area contributed by atoms with Gasteiger partial charge in [-0.15, -0.1) is 0 Å². The van der Waals surface area contributed by atoms with E-state index in [2.05, 4.69) is 15.2 Å². The third kappa shape index (κ3) is 3.06. The van der Waals surface area contributed by atoms with E-state index in [1.54, 1.807) is 0 Å². The molecule has 21 heavy (non-hydrogen) atoms. The third-order valence-electron chi connectivity index (χ3n) is 4.14. The van der Waals surface area contributed by atoms with E-state index in [9.17, 15) is 13.6 Å². The number of nitrogens with one attached hydrogen (secondary N) is 1. The van der Waals surface area contributed by atoms with E-state index in [1.807, 2.05) is 4.90 Å². The molecule has 0 unspecified atom stereocenters. The monoisotopic (exact) mass is 299 g/mol. The summed E-state index contributed by atoms with van der Waals surface area (Å²) < 4.78 is 26.4. The molecule has 2 fully saturated rings. The first kappa shape index (κ1) is 14.4. The molecule has 2 aliphatic rings. The minimum absolute atomic E-state index is 0.120. The van der Waals surface area contributed by atoms with Crippen LogP contribution in [0.1, 0.15) is 12.4 Å². The molecule has 1 N–H and O–H groups in total. The standard InChI is InChI=1S/C13H19F2N5O/c14-13(15)20-2-1-17-11(20)9-18-3-5-19(6-4-18)12(21)10-7-16-8-10/h1-2,10,13,16H,3-9H2. The summed E-state index contributed by atoms with van der Waals surface area (Å²) in [7, 11) is 0. The molecular formula is C13H19F2N5O. The second-order valence-electron chi connectivity index (χ2n) is 5.49. The average molecular weight is 299 g/mol. The molecule has 1 amide bonds. The van der Waals surface area contributed by atoms with Crippen LogP contribution in [-0.2, 0) is 11.3 Å². The van der Waals surface area contributed by atoms with Gasteiger partial charge in [0.15, 0.2) is 0 Å². The van der Waals surface area contributed by atoms with E-state index in [0.717, 1.165) is 17.7 Å². The van der Waals surface area contributed by atoms with Gasteiger partial charge in [-0.2, -0.15) is 8.78 Å². The lowest BCUT2D eigenvalue weighted by atomic mass is 10.0. The van der Waals surface area contributed by atoms with Crippen molar-refractivity contribution in [2.75, 3.05) is 39.3 Å². The fourth-order valence-corrected chi connectivity index (χ4v) is 2.69. The van der Waals surface area contributed by atoms with Gasteiger partial charge < -0.3 is 10.2 Å². The fraction of sp³-hybridized carbons (Fsp3) is 0.692. The zero-order valence-corrected chi connectivity index (χ0v) is 11.7. The van der Waals surface area contributed by atoms with Crippen LogP contribution in [0.3, 0.4) is 0 Å². The smallest absolute Gasteiger partial charge is 0.319 e. The Bertz CT molecular complexity index is 495. The summed E-state index contributed by atoms with van der Waals surface area (Å²) in [6.07, 6.45) is 2.69. The molecule has 116 valence electrons. The van der Waals surface area contributed by atoms with E-state index in [4.69, 9.17) is 0 Å². The van der Waals surface area contributed by atoms with E-state index in [0.29, 0.717) is 38.5 Å². The minimum Gasteiger partial charge on any atom is -0.340 e. The van der Waals surface area contributed by atoms with Gasteiger partial charge in [0, 0.05) is 51.7 Å². The van der Waals surface area contributed by atoms with Crippen molar-refractivity contribution in [3.8, 4) is 0 Å². The molecule has 0 aromatic carbocycles. The van der Waals surface area contributed by atoms with Crippen molar-refractivity contribution in [1.82, 2.24) is 24.7 Å². The van der Waals surface area contributed by atoms with Crippen molar-refractivity contribution in [2.45, 2.75) is 13.1 Å². The summed E-state index contributed by atoms with van der Waals surface area (Å²) in [5.41, 5.74) is 0. The number of rotatable bonds is 4. The number of halogens is 2. The summed E-state index contributed by atoms with van der Waals surface area (Å²) in [5.74, 6) is 0.699. The first-order valence-electron chi connectivity index (χ1n) is 7.17. The van der Waals surface area contributed by atoms with Crippen LogP contribution in [0.5, 0.6) is 0 Å². The first-order valence-corrected chi connectivity index (χ1v) is 7.17. The number of aromatic nitrogens is 2. The van der Waals surface area contributed by atoms with Crippen LogP contribution in [0.15, 0.2) is 12.4 Å². The Morgan fingerprint density at radius 1 is 1.33 bits per heavy atom. The Balaban J connectivity index is 1.51. The first-order chi connectivity index (χ1) is 10.1. The highest BCUT2D eigenvalue weighted by Crippen LogP contribution is 2.16. The summed E-state index contributed by atoms with van der Waals surface area (Å²) >= 11 is 0. The van der Waals surface area contributed by atoms with Gasteiger partial charge >= 0.3 is 6.55 Å². The molecule has 0 spiro atoms. The van der Waals surface area contributed by atoms with Crippen LogP contribution in [0.4, 0.5) is 8.78 Å². The maximum Gasteiger partial charge on any atom is 0.319 e. The Morgan fingerprint density at radius 2 is 2.05 bits per heavy atom. The van der Waals surface area contributed by atoms with Crippen LogP contribution in [-0.4, -0.2) is 64.5 Å². The lowest BCUT2D eigenvalue weighted by Gasteiger charge is -2.38. The maximum absolute atomic E-state index is 12.8. The highest BCUT2D eigenvalue weighted by atomic mass is 19.3. The molecule has 6 nitrogen and oxygen atoms in total. The van der Waals surface area contributed by atoms with Crippen LogP contribution in [0.25, 0.3) is 0 Å². The van der Waals surface area contributed by atoms with Gasteiger partial charge in [-0.05, 0) is 0 Å². The second-order valence-corrected chi connectivity index (χ2v) is 5.49. The van der Waals surface area contributed by atoms with Crippen molar-refractivity contribution in [3.63, 3.8) is 0 Å². The molecule has 1 aromatic heterocycles. The molecule has 0 aliphatic carbocycles. The molecule has 2 saturated heterocycles. The summed E-state index contributed by atoms with van der Waals surface area (Å²) in [6, 6.07) is 0. The largest absolute Gasteiger partial charge is 0.340 e. The van der Waals surface area contributed by atoms with Gasteiger partial charge in [0.2, 0.25) is 5.91 Å². The molecule has 3 rings (SSSR count). The van der Waals surface area contributed by atoms with Crippen molar-refractivity contribution in [1.29, 1.82) is 0 Å². The third-order valence-corrected chi connectivity index (χ3v) is 4.14. The Morgan fingerprint density at radius 3 is 2.62 bits per heavy atom. The van der Waals surface area contributed by atoms with Gasteiger partial charge in [-0.1, -0.05) is 0 Å². The van der Waals surface area contributed by atoms with E-state index >= 15 is 0 Å². The lowest BCUT2D eigenvalue weighted by molar-refractivity contribution is -0.138. The lowest BCUT2D eigenvalue weighted by Crippen LogP contribution is -2.56. The van der Waals surface area contributed by atoms with Crippen molar-refractivity contribution in [3.05, 3.63) is 18.2 Å². The molecule has 2 aliphatic heterocycles. The van der Waals surface area contributed by atoms with Crippen molar-refractivity contribution in [2.24, 2.45) is 5.92 Å². The van der Waals surface area contributed by atoms with Gasteiger partial charge in [-0.3, -0.25) is 14.3 Å². The predicted molar refractivity (Wildman–Crippen MR) is 71.7 cm³/mol. The average Bonchev–Trinajstić information content (AvgIpc) is 2.86. The number of nitrogens with zero attached hydrogens (tertiary/aromatic N) is 4. The Labute approximate surface area is 121 Å². The number of carbonyl (C=O) groups excluding carboxylic acids is 1. The summed E-state index contributed by atoms with van der Waals surface area (Å²) in [6.45, 7) is 2.08. The number of carbonyl (C=O) groups is 1. The van der Waals surface area contributed by atoms with Crippen molar-refractivity contribution >= 4 is 5.91 Å². The zero-order chi connectivity index (χ0) is 14.8. The molecule has 0 radical (unpaired) electrons. The number of piperazine rings is 1. The Kier molecular flexibility index (Phi) is 4.16. The van der Waals surface area contributed by atoms with E-state index < -0.39 is 6.55 Å². The van der Waals surface area contributed by atoms with E-state index in [-0.39, 0.29) is 11.8 Å². The fourth-order valence-electron chi connectivity index (χ4n) is 2.69. The number of hydrogen-bond acceptors (Lipinski definition) is 4. The number of amides is 1. The van der Waals surface area contributed by atoms with Crippen LogP contribution in [0.2, 0.25) is 0 Å². The van der Waals surface area contributed by atoms with Gasteiger partial charge in [0.1, 0.15) is 5.82 Å². The molecule has 0 saturated carbocycles. The molecule has 1 aromatic rings. The molecule has 3 heterocycles. The van der Waals surface area contributed by atoms with Gasteiger partial charge in [0.25, 0.3) is 0 Å². The normalized spacial score (nSPS) is 20.8. The van der Waals surface area contributed by atoms with Gasteiger partial charge in [-0.25, -0.2) is 4.98 Å². The molecule has 0 atom stereocenters. The molecular weight excluding hydrogens is 280 g/mol. The highest BCUT2D eigenvalue weighted by molar-refractivity contribution is 5.80. The zero-order valence-electron chi connectivity index (χ0n) is 11.7. The minimum atomic E-state index is -2.56. The van der Waals surface area contributed by atoms with Crippen molar-refractivity contribution < 1.29 is 13.6 Å². The highest BCUT2D eigenvalue weighted by Gasteiger charge is 2.31. The Hall–Kier alpha value is -1.54. The number of alkyl halides is 2. The van der Waals surface area contributed by atoms with Crippen LogP contribution >= 0.6 is 0 Å². The summed E-state index contributed by atoms with van der Waals surface area (Å²) in [5, 5.41) is 3.10. The maximum atomic E-state index is 12.8. The van der Waals surface area contributed by atoms with E-state index in [1.165, 1.54) is 12.4 Å². The number of imidazole rings is 1. The second kappa shape index (κ2) is 6.07. The SMILES string of the molecule is O=C(C1CNC1)N1CCN(Cc2nccn2C(F)F)CC1. The van der Waals surface area contributed by atoms with Crippen LogP contribution < -0.4 is 5.32 Å². The molecule has 0 bridgehead atoms. The quantitative estimate of drug-likeness (QED) is 0.859. The number of hydrogen-bond donors (Lipinski definition) is 1.